The van der Waals surface area contributed by atoms with Crippen LogP contribution in [0.1, 0.15) is 79.9 Å². The number of carboxylic acids is 1. The third-order valence-corrected chi connectivity index (χ3v) is 5.47. The van der Waals surface area contributed by atoms with E-state index in [1.165, 1.54) is 25.1 Å². The summed E-state index contributed by atoms with van der Waals surface area (Å²) in [4.78, 5) is 20.4. The fourth-order valence-electron chi connectivity index (χ4n) is 3.40. The second-order valence-corrected chi connectivity index (χ2v) is 7.73. The number of aryl methyl sites for hydroxylation is 1. The lowest BCUT2D eigenvalue weighted by Crippen LogP contribution is -2.07. The Bertz CT molecular complexity index is 979. The minimum absolute atomic E-state index is 0.255. The molecule has 6 nitrogen and oxygen atoms in total. The maximum absolute atomic E-state index is 11.5. The highest BCUT2D eigenvalue weighted by Crippen LogP contribution is 2.24. The molecular weight excluding hydrogens is 376 g/mol. The maximum atomic E-state index is 11.5. The summed E-state index contributed by atoms with van der Waals surface area (Å²) in [5.41, 5.74) is 2.82. The van der Waals surface area contributed by atoms with E-state index in [0.717, 1.165) is 42.0 Å². The third kappa shape index (κ3) is 5.12. The molecule has 0 aliphatic heterocycles. The third-order valence-electron chi connectivity index (χ3n) is 5.47. The first-order valence-corrected chi connectivity index (χ1v) is 10.7. The van der Waals surface area contributed by atoms with Crippen LogP contribution in [0.15, 0.2) is 42.7 Å². The van der Waals surface area contributed by atoms with Crippen LogP contribution >= 0.6 is 0 Å². The van der Waals surface area contributed by atoms with Gasteiger partial charge in [0.15, 0.2) is 5.82 Å². The summed E-state index contributed by atoms with van der Waals surface area (Å²) in [6.45, 7) is 7.18. The molecule has 1 aromatic carbocycles. The molecule has 1 N–H and O–H groups in total. The maximum Gasteiger partial charge on any atom is 0.336 e. The van der Waals surface area contributed by atoms with Gasteiger partial charge in [0, 0.05) is 30.3 Å². The Morgan fingerprint density at radius 1 is 1.13 bits per heavy atom. The van der Waals surface area contributed by atoms with Crippen LogP contribution in [0.2, 0.25) is 0 Å². The van der Waals surface area contributed by atoms with E-state index >= 15 is 0 Å². The van der Waals surface area contributed by atoms with Crippen LogP contribution in [0.3, 0.4) is 0 Å². The molecule has 0 bridgehead atoms. The zero-order chi connectivity index (χ0) is 21.5. The molecular formula is C24H30N4O2. The van der Waals surface area contributed by atoms with Crippen LogP contribution in [0, 0.1) is 0 Å². The number of aromatic carboxylic acids is 1. The number of carbonyl (C=O) groups is 1. The van der Waals surface area contributed by atoms with Crippen LogP contribution in [0.4, 0.5) is 0 Å². The molecule has 0 aliphatic carbocycles. The molecule has 0 fully saturated rings. The highest BCUT2D eigenvalue weighted by Gasteiger charge is 2.15. The largest absolute Gasteiger partial charge is 0.478 e. The van der Waals surface area contributed by atoms with Crippen LogP contribution in [-0.2, 0) is 13.0 Å². The van der Waals surface area contributed by atoms with Crippen molar-refractivity contribution in [3.63, 3.8) is 0 Å². The number of hydrogen-bond donors (Lipinski definition) is 1. The summed E-state index contributed by atoms with van der Waals surface area (Å²) in [7, 11) is 0. The first-order chi connectivity index (χ1) is 14.5. The summed E-state index contributed by atoms with van der Waals surface area (Å²) in [6, 6.07) is 9.47. The molecule has 2 aromatic heterocycles. The van der Waals surface area contributed by atoms with Gasteiger partial charge >= 0.3 is 5.97 Å². The van der Waals surface area contributed by atoms with E-state index in [1.807, 2.05) is 28.9 Å². The van der Waals surface area contributed by atoms with Gasteiger partial charge in [-0.05, 0) is 30.0 Å². The van der Waals surface area contributed by atoms with Gasteiger partial charge in [-0.15, -0.1) is 0 Å². The molecule has 0 radical (unpaired) electrons. The highest BCUT2D eigenvalue weighted by molar-refractivity contribution is 5.95. The molecule has 0 amide bonds. The first-order valence-electron chi connectivity index (χ1n) is 10.7. The lowest BCUT2D eigenvalue weighted by Gasteiger charge is -2.09. The van der Waals surface area contributed by atoms with E-state index in [4.69, 9.17) is 10.1 Å². The number of nitrogens with zero attached hydrogens (tertiary/aromatic N) is 4. The van der Waals surface area contributed by atoms with Crippen LogP contribution in [0.5, 0.6) is 0 Å². The van der Waals surface area contributed by atoms with Crippen molar-refractivity contribution in [1.29, 1.82) is 0 Å². The number of hydrogen-bond acceptors (Lipinski definition) is 4. The van der Waals surface area contributed by atoms with Crippen LogP contribution in [-0.4, -0.2) is 30.8 Å². The number of carboxylic acid groups (broad SMARTS) is 1. The molecule has 3 rings (SSSR count). The SMILES string of the molecule is CCCCCc1nc(C(C)CC)nn1Cc1ccc(-c2cnccc2C(=O)O)cc1. The van der Waals surface area contributed by atoms with Crippen molar-refractivity contribution in [2.75, 3.05) is 0 Å². The molecule has 1 atom stereocenters. The molecule has 2 heterocycles. The van der Waals surface area contributed by atoms with Gasteiger partial charge in [-0.2, -0.15) is 5.10 Å². The molecule has 6 heteroatoms. The number of benzene rings is 1. The number of rotatable bonds is 10. The van der Waals surface area contributed by atoms with Gasteiger partial charge in [-0.1, -0.05) is 57.9 Å². The topological polar surface area (TPSA) is 80.9 Å². The van der Waals surface area contributed by atoms with Crippen molar-refractivity contribution >= 4 is 5.97 Å². The molecule has 0 spiro atoms. The van der Waals surface area contributed by atoms with Gasteiger partial charge < -0.3 is 5.11 Å². The minimum Gasteiger partial charge on any atom is -0.478 e. The van der Waals surface area contributed by atoms with Gasteiger partial charge in [-0.3, -0.25) is 4.98 Å². The molecule has 1 unspecified atom stereocenters. The van der Waals surface area contributed by atoms with Gasteiger partial charge in [0.25, 0.3) is 0 Å². The molecule has 0 saturated heterocycles. The van der Waals surface area contributed by atoms with E-state index in [-0.39, 0.29) is 5.56 Å². The van der Waals surface area contributed by atoms with Crippen molar-refractivity contribution in [3.05, 3.63) is 65.5 Å². The van der Waals surface area contributed by atoms with E-state index in [1.54, 1.807) is 6.20 Å². The molecule has 0 aliphatic rings. The average molecular weight is 407 g/mol. The van der Waals surface area contributed by atoms with Crippen LogP contribution < -0.4 is 0 Å². The smallest absolute Gasteiger partial charge is 0.336 e. The Morgan fingerprint density at radius 2 is 1.90 bits per heavy atom. The summed E-state index contributed by atoms with van der Waals surface area (Å²) >= 11 is 0. The second kappa shape index (κ2) is 10.1. The number of aromatic nitrogens is 4. The fraction of sp³-hybridized carbons (Fsp3) is 0.417. The predicted octanol–water partition coefficient (Wildman–Crippen LogP) is 5.33. The van der Waals surface area contributed by atoms with Gasteiger partial charge in [0.2, 0.25) is 0 Å². The van der Waals surface area contributed by atoms with E-state index in [0.29, 0.717) is 18.0 Å². The van der Waals surface area contributed by atoms with Crippen LogP contribution in [0.25, 0.3) is 11.1 Å². The Kier molecular flexibility index (Phi) is 7.33. The number of pyridine rings is 1. The van der Waals surface area contributed by atoms with Crippen molar-refractivity contribution in [3.8, 4) is 11.1 Å². The molecule has 30 heavy (non-hydrogen) atoms. The predicted molar refractivity (Wildman–Crippen MR) is 118 cm³/mol. The van der Waals surface area contributed by atoms with Gasteiger partial charge in [-0.25, -0.2) is 14.5 Å². The van der Waals surface area contributed by atoms with E-state index < -0.39 is 5.97 Å². The minimum atomic E-state index is -0.951. The van der Waals surface area contributed by atoms with Gasteiger partial charge in [0.05, 0.1) is 12.1 Å². The van der Waals surface area contributed by atoms with Crippen molar-refractivity contribution in [2.45, 2.75) is 65.3 Å². The Morgan fingerprint density at radius 3 is 2.57 bits per heavy atom. The van der Waals surface area contributed by atoms with Gasteiger partial charge in [0.1, 0.15) is 5.82 Å². The monoisotopic (exact) mass is 406 g/mol. The zero-order valence-corrected chi connectivity index (χ0v) is 18.0. The Hall–Kier alpha value is -3.02. The summed E-state index contributed by atoms with van der Waals surface area (Å²) in [5, 5.41) is 14.2. The zero-order valence-electron chi connectivity index (χ0n) is 18.0. The normalized spacial score (nSPS) is 12.1. The first kappa shape index (κ1) is 21.7. The van der Waals surface area contributed by atoms with E-state index in [9.17, 15) is 9.90 Å². The second-order valence-electron chi connectivity index (χ2n) is 7.73. The lowest BCUT2D eigenvalue weighted by molar-refractivity contribution is 0.0697. The Balaban J connectivity index is 1.83. The van der Waals surface area contributed by atoms with E-state index in [2.05, 4.69) is 25.8 Å². The quantitative estimate of drug-likeness (QED) is 0.460. The Labute approximate surface area is 178 Å². The fourth-order valence-corrected chi connectivity index (χ4v) is 3.40. The molecule has 158 valence electrons. The molecule has 3 aromatic rings. The lowest BCUT2D eigenvalue weighted by atomic mass is 10.0. The van der Waals surface area contributed by atoms with Crippen molar-refractivity contribution < 1.29 is 9.90 Å². The standard InChI is InChI=1S/C24H30N4O2/c1-4-6-7-8-22-26-23(17(3)5-2)27-28(22)16-18-9-11-19(12-10-18)21-15-25-14-13-20(21)24(29)30/h9-15,17H,4-8,16H2,1-3H3,(H,29,30). The average Bonchev–Trinajstić information content (AvgIpc) is 3.16. The number of unbranched alkanes of at least 4 members (excludes halogenated alkanes) is 2. The highest BCUT2D eigenvalue weighted by atomic mass is 16.4. The summed E-state index contributed by atoms with van der Waals surface area (Å²) in [5.74, 6) is 1.36. The molecule has 0 saturated carbocycles. The summed E-state index contributed by atoms with van der Waals surface area (Å²) in [6.07, 6.45) is 8.54. The van der Waals surface area contributed by atoms with Crippen molar-refractivity contribution in [1.82, 2.24) is 19.7 Å². The van der Waals surface area contributed by atoms with Crippen molar-refractivity contribution in [2.24, 2.45) is 0 Å². The summed E-state index contributed by atoms with van der Waals surface area (Å²) < 4.78 is 2.03.